The average Bonchev–Trinajstić information content (AvgIpc) is 2.68. The average molecular weight is 620 g/mol. The molecule has 0 aliphatic heterocycles. The van der Waals surface area contributed by atoms with Crippen LogP contribution in [0.2, 0.25) is 0 Å². The van der Waals surface area contributed by atoms with Crippen LogP contribution in [0.25, 0.3) is 0 Å². The van der Waals surface area contributed by atoms with Crippen LogP contribution in [0, 0.1) is 0 Å². The van der Waals surface area contributed by atoms with E-state index >= 15 is 0 Å². The highest BCUT2D eigenvalue weighted by Gasteiger charge is 2.21. The maximum absolute atomic E-state index is 11.2. The van der Waals surface area contributed by atoms with Crippen molar-refractivity contribution >= 4 is 74.0 Å². The number of halogens is 2. The number of esters is 1. The summed E-state index contributed by atoms with van der Waals surface area (Å²) in [4.78, 5) is 52.2. The maximum Gasteiger partial charge on any atom is 0.375 e. The molecule has 0 aliphatic carbocycles. The summed E-state index contributed by atoms with van der Waals surface area (Å²) in [6.07, 6.45) is 0. The fraction of sp³-hybridized carbons (Fsp3) is 0.684. The van der Waals surface area contributed by atoms with Gasteiger partial charge in [0.05, 0.1) is 56.0 Å². The van der Waals surface area contributed by atoms with Crippen LogP contribution in [0.15, 0.2) is 9.98 Å². The molecule has 0 saturated carbocycles. The van der Waals surface area contributed by atoms with Gasteiger partial charge in [0.2, 0.25) is 11.6 Å². The van der Waals surface area contributed by atoms with E-state index in [1.807, 2.05) is 28.2 Å². The predicted molar refractivity (Wildman–Crippen MR) is 131 cm³/mol. The Kier molecular flexibility index (Phi) is 29.4. The number of likely N-dealkylation sites (N-methyl/N-ethyl adjacent to an activating group) is 2. The molecule has 0 radical (unpaired) electrons. The third kappa shape index (κ3) is 29.0. The lowest BCUT2D eigenvalue weighted by Gasteiger charge is -2.27. The standard InChI is InChI=1S/C9H15N2O2S.C5H7BrO3.C5H10N2S.BrH/c1-8(12)9(13)6-11(2,3)5-4-10-7-14;1-2-9-5(8)4(7)3-6;1-7(2)4-3-6-5-8;/h4-6H2,1-3H3;2-3H2,1H3;3-4H2,1-2H3;1H/q+1;;;/p-1. The van der Waals surface area contributed by atoms with E-state index in [2.05, 4.69) is 70.3 Å². The molecule has 0 atom stereocenters. The van der Waals surface area contributed by atoms with Crippen LogP contribution in [0.1, 0.15) is 13.8 Å². The van der Waals surface area contributed by atoms with Crippen molar-refractivity contribution in [2.45, 2.75) is 13.8 Å². The van der Waals surface area contributed by atoms with Gasteiger partial charge in [0.1, 0.15) is 6.54 Å². The largest absolute Gasteiger partial charge is 1.00 e. The van der Waals surface area contributed by atoms with Crippen LogP contribution >= 0.6 is 40.4 Å². The first kappa shape index (κ1) is 38.2. The molecule has 0 rings (SSSR count). The molecule has 9 nitrogen and oxygen atoms in total. The van der Waals surface area contributed by atoms with E-state index in [0.717, 1.165) is 13.1 Å². The van der Waals surface area contributed by atoms with Crippen molar-refractivity contribution in [3.05, 3.63) is 0 Å². The highest BCUT2D eigenvalue weighted by atomic mass is 79.9. The number of aliphatic imine (C=N–C) groups is 2. The number of Topliss-reactive ketones (excluding diaryl/α,β-unsaturated/α-hetero) is 3. The number of carbonyl (C=O) groups is 4. The molecule has 0 aromatic rings. The second-order valence-corrected chi connectivity index (χ2v) is 7.75. The number of hydrogen-bond acceptors (Lipinski definition) is 10. The SMILES string of the molecule is CC(=O)C(=O)C[N+](C)(C)CCN=C=S.CCOC(=O)C(=O)CBr.CN(C)CCN=C=S.[Br-]. The number of ketones is 3. The summed E-state index contributed by atoms with van der Waals surface area (Å²) in [6.45, 7) is 6.31. The summed E-state index contributed by atoms with van der Waals surface area (Å²) in [5, 5.41) is 4.60. The van der Waals surface area contributed by atoms with Gasteiger partial charge in [-0.3, -0.25) is 14.4 Å². The van der Waals surface area contributed by atoms with E-state index in [0.29, 0.717) is 17.6 Å². The van der Waals surface area contributed by atoms with Crippen molar-refractivity contribution in [2.75, 3.05) is 72.9 Å². The molecule has 13 heteroatoms. The Hall–Kier alpha value is -1.04. The van der Waals surface area contributed by atoms with Crippen LogP contribution in [0.3, 0.4) is 0 Å². The zero-order chi connectivity index (χ0) is 24.9. The molecule has 32 heavy (non-hydrogen) atoms. The van der Waals surface area contributed by atoms with Crippen molar-refractivity contribution in [3.63, 3.8) is 0 Å². The Morgan fingerprint density at radius 2 is 1.53 bits per heavy atom. The van der Waals surface area contributed by atoms with Gasteiger partial charge in [-0.1, -0.05) is 15.9 Å². The van der Waals surface area contributed by atoms with Crippen molar-refractivity contribution < 1.29 is 45.4 Å². The van der Waals surface area contributed by atoms with Gasteiger partial charge in [0.15, 0.2) is 0 Å². The number of quaternary nitrogens is 1. The van der Waals surface area contributed by atoms with Gasteiger partial charge in [0.25, 0.3) is 5.78 Å². The number of isothiocyanates is 2. The molecule has 0 bridgehead atoms. The predicted octanol–water partition coefficient (Wildman–Crippen LogP) is -1.51. The Bertz CT molecular complexity index is 679. The molecule has 0 spiro atoms. The third-order valence-electron chi connectivity index (χ3n) is 3.19. The molecule has 0 unspecified atom stereocenters. The number of ether oxygens (including phenoxy) is 1. The fourth-order valence-corrected chi connectivity index (χ4v) is 1.92. The lowest BCUT2D eigenvalue weighted by molar-refractivity contribution is -0.880. The van der Waals surface area contributed by atoms with E-state index in [1.54, 1.807) is 6.92 Å². The molecule has 0 aromatic carbocycles. The smallest absolute Gasteiger partial charge is 0.375 e. The van der Waals surface area contributed by atoms with Crippen LogP contribution < -0.4 is 17.0 Å². The molecule has 0 aliphatic rings. The molecular weight excluding hydrogens is 588 g/mol. The van der Waals surface area contributed by atoms with Gasteiger partial charge in [-0.25, -0.2) is 14.8 Å². The van der Waals surface area contributed by atoms with E-state index in [9.17, 15) is 19.2 Å². The lowest BCUT2D eigenvalue weighted by atomic mass is 10.2. The van der Waals surface area contributed by atoms with Crippen LogP contribution in [0.5, 0.6) is 0 Å². The van der Waals surface area contributed by atoms with Crippen molar-refractivity contribution in [2.24, 2.45) is 9.98 Å². The van der Waals surface area contributed by atoms with Gasteiger partial charge in [-0.2, -0.15) is 0 Å². The van der Waals surface area contributed by atoms with Gasteiger partial charge < -0.3 is 31.1 Å². The minimum atomic E-state index is -0.769. The van der Waals surface area contributed by atoms with Gasteiger partial charge in [-0.05, 0) is 45.5 Å². The van der Waals surface area contributed by atoms with Crippen LogP contribution in [-0.2, 0) is 23.9 Å². The molecule has 0 aromatic heterocycles. The van der Waals surface area contributed by atoms with E-state index in [4.69, 9.17) is 0 Å². The third-order valence-corrected chi connectivity index (χ3v) is 3.96. The lowest BCUT2D eigenvalue weighted by Crippen LogP contribution is -3.00. The Morgan fingerprint density at radius 1 is 1.03 bits per heavy atom. The zero-order valence-electron chi connectivity index (χ0n) is 19.4. The highest BCUT2D eigenvalue weighted by Crippen LogP contribution is 1.97. The number of nitrogens with zero attached hydrogens (tertiary/aromatic N) is 4. The first-order valence-electron chi connectivity index (χ1n) is 9.22. The van der Waals surface area contributed by atoms with Crippen molar-refractivity contribution in [1.29, 1.82) is 0 Å². The summed E-state index contributed by atoms with van der Waals surface area (Å²) < 4.78 is 4.82. The maximum atomic E-state index is 11.2. The Balaban J connectivity index is -0.000000191. The topological polar surface area (TPSA) is 105 Å². The molecule has 0 saturated heterocycles. The number of thiocarbonyl (C=S) groups is 2. The molecular formula is C19H32Br2N4O5S2. The second-order valence-electron chi connectivity index (χ2n) is 6.82. The van der Waals surface area contributed by atoms with Crippen molar-refractivity contribution in [1.82, 2.24) is 4.90 Å². The highest BCUT2D eigenvalue weighted by molar-refractivity contribution is 9.09. The van der Waals surface area contributed by atoms with E-state index in [1.165, 1.54) is 6.92 Å². The summed E-state index contributed by atoms with van der Waals surface area (Å²) in [7, 11) is 7.75. The summed E-state index contributed by atoms with van der Waals surface area (Å²) in [6, 6.07) is 0. The Labute approximate surface area is 220 Å². The molecule has 0 amide bonds. The molecule has 184 valence electrons. The number of carbonyl (C=O) groups excluding carboxylic acids is 4. The minimum Gasteiger partial charge on any atom is -1.00 e. The monoisotopic (exact) mass is 618 g/mol. The quantitative estimate of drug-likeness (QED) is 0.0649. The fourth-order valence-electron chi connectivity index (χ4n) is 1.51. The van der Waals surface area contributed by atoms with E-state index in [-0.39, 0.29) is 41.2 Å². The number of alkyl halides is 1. The summed E-state index contributed by atoms with van der Waals surface area (Å²) >= 11 is 11.6. The Morgan fingerprint density at radius 3 is 1.91 bits per heavy atom. The van der Waals surface area contributed by atoms with Gasteiger partial charge in [-0.15, -0.1) is 0 Å². The number of hydrogen-bond donors (Lipinski definition) is 0. The summed E-state index contributed by atoms with van der Waals surface area (Å²) in [5.74, 6) is -2.05. The second kappa shape index (κ2) is 24.6. The molecule has 0 fully saturated rings. The van der Waals surface area contributed by atoms with Crippen LogP contribution in [0.4, 0.5) is 0 Å². The van der Waals surface area contributed by atoms with Crippen molar-refractivity contribution in [3.8, 4) is 0 Å². The summed E-state index contributed by atoms with van der Waals surface area (Å²) in [5.41, 5.74) is 0. The van der Waals surface area contributed by atoms with Crippen LogP contribution in [-0.4, -0.2) is 116 Å². The van der Waals surface area contributed by atoms with E-state index < -0.39 is 17.5 Å². The first-order chi connectivity index (χ1) is 14.4. The minimum absolute atomic E-state index is 0. The van der Waals surface area contributed by atoms with Gasteiger partial charge >= 0.3 is 5.97 Å². The van der Waals surface area contributed by atoms with Gasteiger partial charge in [0, 0.05) is 13.5 Å². The normalized spacial score (nSPS) is 9.25. The number of rotatable bonds is 12. The zero-order valence-corrected chi connectivity index (χ0v) is 24.2. The molecule has 0 heterocycles. The first-order valence-corrected chi connectivity index (χ1v) is 11.2. The molecule has 0 N–H and O–H groups in total.